The Morgan fingerprint density at radius 3 is 2.57 bits per heavy atom. The number of halogens is 1. The molecular formula is C16H23ClN2O2. The van der Waals surface area contributed by atoms with Gasteiger partial charge in [0.05, 0.1) is 16.2 Å². The Morgan fingerprint density at radius 1 is 1.38 bits per heavy atom. The Morgan fingerprint density at radius 2 is 2.00 bits per heavy atom. The minimum Gasteiger partial charge on any atom is -0.388 e. The van der Waals surface area contributed by atoms with Crippen LogP contribution in [0.1, 0.15) is 55.6 Å². The van der Waals surface area contributed by atoms with Crippen LogP contribution in [0.5, 0.6) is 0 Å². The van der Waals surface area contributed by atoms with Gasteiger partial charge < -0.3 is 10.4 Å². The third-order valence-corrected chi connectivity index (χ3v) is 4.66. The summed E-state index contributed by atoms with van der Waals surface area (Å²) in [7, 11) is 0. The first-order valence-corrected chi connectivity index (χ1v) is 7.71. The molecule has 2 N–H and O–H groups in total. The van der Waals surface area contributed by atoms with E-state index in [1.165, 1.54) is 6.20 Å². The van der Waals surface area contributed by atoms with Crippen molar-refractivity contribution in [3.63, 3.8) is 0 Å². The summed E-state index contributed by atoms with van der Waals surface area (Å²) in [5, 5.41) is 13.7. The zero-order chi connectivity index (χ0) is 15.7. The molecule has 5 heteroatoms. The quantitative estimate of drug-likeness (QED) is 0.901. The van der Waals surface area contributed by atoms with E-state index in [9.17, 15) is 9.90 Å². The third kappa shape index (κ3) is 4.17. The van der Waals surface area contributed by atoms with Gasteiger partial charge in [-0.2, -0.15) is 0 Å². The highest BCUT2D eigenvalue weighted by Gasteiger charge is 2.36. The van der Waals surface area contributed by atoms with Gasteiger partial charge in [0.2, 0.25) is 0 Å². The predicted molar refractivity (Wildman–Crippen MR) is 83.5 cm³/mol. The molecule has 0 spiro atoms. The van der Waals surface area contributed by atoms with Crippen molar-refractivity contribution in [2.45, 2.75) is 52.1 Å². The van der Waals surface area contributed by atoms with Gasteiger partial charge in [0.15, 0.2) is 0 Å². The Kier molecular flexibility index (Phi) is 4.59. The average molecular weight is 311 g/mol. The van der Waals surface area contributed by atoms with E-state index in [4.69, 9.17) is 11.6 Å². The summed E-state index contributed by atoms with van der Waals surface area (Å²) in [6.07, 6.45) is 4.82. The van der Waals surface area contributed by atoms with Gasteiger partial charge in [-0.1, -0.05) is 25.4 Å². The van der Waals surface area contributed by atoms with Gasteiger partial charge >= 0.3 is 0 Å². The number of nitrogens with zero attached hydrogens (tertiary/aromatic N) is 1. The van der Waals surface area contributed by atoms with E-state index in [-0.39, 0.29) is 17.9 Å². The van der Waals surface area contributed by atoms with Crippen LogP contribution in [0, 0.1) is 12.3 Å². The van der Waals surface area contributed by atoms with Gasteiger partial charge in [-0.05, 0) is 44.1 Å². The molecule has 0 saturated heterocycles. The number of aryl methyl sites for hydroxylation is 1. The molecule has 0 unspecified atom stereocenters. The van der Waals surface area contributed by atoms with E-state index in [2.05, 4.69) is 24.1 Å². The van der Waals surface area contributed by atoms with Gasteiger partial charge in [0.1, 0.15) is 0 Å². The summed E-state index contributed by atoms with van der Waals surface area (Å²) >= 11 is 6.05. The molecule has 1 fully saturated rings. The summed E-state index contributed by atoms with van der Waals surface area (Å²) < 4.78 is 0. The van der Waals surface area contributed by atoms with Crippen molar-refractivity contribution in [1.82, 2.24) is 10.3 Å². The predicted octanol–water partition coefficient (Wildman–Crippen LogP) is 3.10. The number of pyridine rings is 1. The zero-order valence-electron chi connectivity index (χ0n) is 12.9. The molecule has 4 nitrogen and oxygen atoms in total. The molecule has 1 amide bonds. The largest absolute Gasteiger partial charge is 0.388 e. The van der Waals surface area contributed by atoms with E-state index in [1.54, 1.807) is 6.07 Å². The van der Waals surface area contributed by atoms with E-state index >= 15 is 0 Å². The Labute approximate surface area is 130 Å². The number of carbonyl (C=O) groups excluding carboxylic acids is 1. The standard InChI is InChI=1S/C16H23ClN2O2/c1-11-8-13(17)12(9-18-11)14(20)19-10-16(21)6-4-15(2,3)5-7-16/h8-9,21H,4-7,10H2,1-3H3,(H,19,20). The topological polar surface area (TPSA) is 62.2 Å². The maximum Gasteiger partial charge on any atom is 0.254 e. The van der Waals surface area contributed by atoms with E-state index in [0.717, 1.165) is 18.5 Å². The summed E-state index contributed by atoms with van der Waals surface area (Å²) in [5.74, 6) is -0.286. The van der Waals surface area contributed by atoms with Crippen LogP contribution in [0.4, 0.5) is 0 Å². The second-order valence-electron chi connectivity index (χ2n) is 6.88. The fraction of sp³-hybridized carbons (Fsp3) is 0.625. The highest BCUT2D eigenvalue weighted by molar-refractivity contribution is 6.33. The molecule has 116 valence electrons. The molecule has 1 aliphatic rings. The number of rotatable bonds is 3. The second-order valence-corrected chi connectivity index (χ2v) is 7.28. The average Bonchev–Trinajstić information content (AvgIpc) is 2.40. The van der Waals surface area contributed by atoms with Gasteiger partial charge in [-0.3, -0.25) is 9.78 Å². The highest BCUT2D eigenvalue weighted by atomic mass is 35.5. The fourth-order valence-electron chi connectivity index (χ4n) is 2.60. The van der Waals surface area contributed by atoms with Crippen LogP contribution in [-0.2, 0) is 0 Å². The van der Waals surface area contributed by atoms with Gasteiger partial charge in [-0.25, -0.2) is 0 Å². The van der Waals surface area contributed by atoms with Crippen LogP contribution < -0.4 is 5.32 Å². The molecular weight excluding hydrogens is 288 g/mol. The Bertz CT molecular complexity index is 533. The fourth-order valence-corrected chi connectivity index (χ4v) is 2.89. The van der Waals surface area contributed by atoms with Crippen molar-refractivity contribution in [1.29, 1.82) is 0 Å². The summed E-state index contributed by atoms with van der Waals surface area (Å²) in [6.45, 7) is 6.50. The molecule has 1 aliphatic carbocycles. The van der Waals surface area contributed by atoms with Crippen molar-refractivity contribution >= 4 is 17.5 Å². The van der Waals surface area contributed by atoms with Gasteiger partial charge in [0, 0.05) is 18.4 Å². The summed E-state index contributed by atoms with van der Waals surface area (Å²) in [4.78, 5) is 16.2. The van der Waals surface area contributed by atoms with Crippen LogP contribution in [0.15, 0.2) is 12.3 Å². The maximum atomic E-state index is 12.1. The molecule has 0 aromatic carbocycles. The molecule has 21 heavy (non-hydrogen) atoms. The van der Waals surface area contributed by atoms with E-state index in [0.29, 0.717) is 23.4 Å². The van der Waals surface area contributed by atoms with Crippen molar-refractivity contribution in [2.24, 2.45) is 5.41 Å². The SMILES string of the molecule is Cc1cc(Cl)c(C(=O)NCC2(O)CCC(C)(C)CC2)cn1. The molecule has 1 aromatic rings. The number of amides is 1. The lowest BCUT2D eigenvalue weighted by Gasteiger charge is -2.40. The number of nitrogens with one attached hydrogen (secondary N) is 1. The smallest absolute Gasteiger partial charge is 0.254 e. The lowest BCUT2D eigenvalue weighted by molar-refractivity contribution is -0.0233. The van der Waals surface area contributed by atoms with Crippen molar-refractivity contribution < 1.29 is 9.90 Å². The lowest BCUT2D eigenvalue weighted by Crippen LogP contribution is -2.46. The Balaban J connectivity index is 1.95. The highest BCUT2D eigenvalue weighted by Crippen LogP contribution is 2.39. The second kappa shape index (κ2) is 5.93. The summed E-state index contributed by atoms with van der Waals surface area (Å²) in [5.41, 5.74) is 0.586. The minimum absolute atomic E-state index is 0.256. The van der Waals surface area contributed by atoms with Crippen LogP contribution >= 0.6 is 11.6 Å². The van der Waals surface area contributed by atoms with Crippen LogP contribution in [-0.4, -0.2) is 28.1 Å². The monoisotopic (exact) mass is 310 g/mol. The van der Waals surface area contributed by atoms with Crippen molar-refractivity contribution in [3.8, 4) is 0 Å². The number of aromatic nitrogens is 1. The van der Waals surface area contributed by atoms with Gasteiger partial charge in [0.25, 0.3) is 5.91 Å². The molecule has 1 saturated carbocycles. The van der Waals surface area contributed by atoms with E-state index < -0.39 is 5.60 Å². The molecule has 0 atom stereocenters. The molecule has 1 heterocycles. The zero-order valence-corrected chi connectivity index (χ0v) is 13.6. The molecule has 2 rings (SSSR count). The molecule has 1 aromatic heterocycles. The van der Waals surface area contributed by atoms with Crippen LogP contribution in [0.3, 0.4) is 0 Å². The van der Waals surface area contributed by atoms with E-state index in [1.807, 2.05) is 6.92 Å². The Hall–Kier alpha value is -1.13. The van der Waals surface area contributed by atoms with Crippen molar-refractivity contribution in [3.05, 3.63) is 28.5 Å². The normalized spacial score (nSPS) is 20.0. The first-order chi connectivity index (χ1) is 9.71. The third-order valence-electron chi connectivity index (χ3n) is 4.35. The lowest BCUT2D eigenvalue weighted by atomic mass is 9.71. The number of hydrogen-bond donors (Lipinski definition) is 2. The molecule has 0 radical (unpaired) electrons. The molecule has 0 bridgehead atoms. The number of hydrogen-bond acceptors (Lipinski definition) is 3. The van der Waals surface area contributed by atoms with Crippen LogP contribution in [0.2, 0.25) is 5.02 Å². The minimum atomic E-state index is -0.810. The van der Waals surface area contributed by atoms with Crippen molar-refractivity contribution in [2.75, 3.05) is 6.54 Å². The van der Waals surface area contributed by atoms with Gasteiger partial charge in [-0.15, -0.1) is 0 Å². The van der Waals surface area contributed by atoms with Crippen LogP contribution in [0.25, 0.3) is 0 Å². The first kappa shape index (κ1) is 16.2. The maximum absolute atomic E-state index is 12.1. The molecule has 0 aliphatic heterocycles. The first-order valence-electron chi connectivity index (χ1n) is 7.34. The number of carbonyl (C=O) groups is 1. The summed E-state index contributed by atoms with van der Waals surface area (Å²) in [6, 6.07) is 1.66. The number of aliphatic hydroxyl groups is 1.